The number of piperidine rings is 2. The summed E-state index contributed by atoms with van der Waals surface area (Å²) in [5, 5.41) is 2.73. The zero-order valence-corrected chi connectivity index (χ0v) is 17.0. The van der Waals surface area contributed by atoms with Crippen molar-refractivity contribution in [2.75, 3.05) is 32.7 Å². The third-order valence-corrected chi connectivity index (χ3v) is 6.90. The highest BCUT2D eigenvalue weighted by Gasteiger charge is 2.45. The zero-order valence-electron chi connectivity index (χ0n) is 17.0. The van der Waals surface area contributed by atoms with Gasteiger partial charge in [0.25, 0.3) is 0 Å². The van der Waals surface area contributed by atoms with Crippen LogP contribution in [0.5, 0.6) is 0 Å². The van der Waals surface area contributed by atoms with E-state index in [1.807, 2.05) is 4.90 Å². The molecule has 4 rings (SSSR count). The lowest BCUT2D eigenvalue weighted by molar-refractivity contribution is -0.134. The van der Waals surface area contributed by atoms with Crippen LogP contribution < -0.4 is 5.32 Å². The number of rotatable bonds is 5. The first-order valence-electron chi connectivity index (χ1n) is 10.9. The predicted octanol–water partition coefficient (Wildman–Crippen LogP) is 2.77. The average molecular weight is 384 g/mol. The maximum atomic E-state index is 12.5. The molecule has 3 aliphatic rings. The molecule has 1 aliphatic carbocycles. The molecule has 2 aliphatic heterocycles. The summed E-state index contributed by atoms with van der Waals surface area (Å²) in [6.45, 7) is 6.05. The second-order valence-electron chi connectivity index (χ2n) is 9.09. The number of likely N-dealkylation sites (tertiary alicyclic amines) is 2. The fourth-order valence-electron chi connectivity index (χ4n) is 5.19. The number of carbonyl (C=O) groups is 2. The van der Waals surface area contributed by atoms with Gasteiger partial charge in [-0.15, -0.1) is 0 Å². The SMILES string of the molecule is CC(=O)NCCC(=O)N1CCC2(CC1)C[C@H](c1ccccc1)CN(C1CC1)C2. The average Bonchev–Trinajstić information content (AvgIpc) is 3.54. The molecule has 1 atom stereocenters. The van der Waals surface area contributed by atoms with Gasteiger partial charge in [-0.3, -0.25) is 14.5 Å². The van der Waals surface area contributed by atoms with Crippen molar-refractivity contribution in [2.45, 2.75) is 57.4 Å². The smallest absolute Gasteiger partial charge is 0.224 e. The van der Waals surface area contributed by atoms with Crippen LogP contribution in [0.1, 0.15) is 56.9 Å². The number of benzene rings is 1. The fourth-order valence-corrected chi connectivity index (χ4v) is 5.19. The van der Waals surface area contributed by atoms with Crippen molar-refractivity contribution >= 4 is 11.8 Å². The van der Waals surface area contributed by atoms with Crippen molar-refractivity contribution in [1.82, 2.24) is 15.1 Å². The Bertz CT molecular complexity index is 693. The number of carbonyl (C=O) groups excluding carboxylic acids is 2. The Labute approximate surface area is 168 Å². The number of hydrogen-bond acceptors (Lipinski definition) is 3. The number of amides is 2. The summed E-state index contributed by atoms with van der Waals surface area (Å²) in [4.78, 5) is 28.2. The molecule has 3 fully saturated rings. The molecule has 1 aromatic carbocycles. The Hall–Kier alpha value is -1.88. The molecule has 2 saturated heterocycles. The van der Waals surface area contributed by atoms with Crippen LogP contribution in [0.2, 0.25) is 0 Å². The van der Waals surface area contributed by atoms with E-state index in [0.717, 1.165) is 32.0 Å². The van der Waals surface area contributed by atoms with Crippen LogP contribution in [-0.2, 0) is 9.59 Å². The van der Waals surface area contributed by atoms with Crippen LogP contribution in [0.4, 0.5) is 0 Å². The Balaban J connectivity index is 1.38. The first-order chi connectivity index (χ1) is 13.5. The molecule has 1 saturated carbocycles. The van der Waals surface area contributed by atoms with Gasteiger partial charge in [0.2, 0.25) is 11.8 Å². The molecule has 5 nitrogen and oxygen atoms in total. The molecule has 2 amide bonds. The Kier molecular flexibility index (Phi) is 5.72. The molecule has 1 N–H and O–H groups in total. The molecular formula is C23H33N3O2. The molecule has 0 unspecified atom stereocenters. The van der Waals surface area contributed by atoms with Gasteiger partial charge in [-0.25, -0.2) is 0 Å². The van der Waals surface area contributed by atoms with Crippen molar-refractivity contribution < 1.29 is 9.59 Å². The molecule has 0 radical (unpaired) electrons. The third-order valence-electron chi connectivity index (χ3n) is 6.90. The van der Waals surface area contributed by atoms with E-state index >= 15 is 0 Å². The van der Waals surface area contributed by atoms with Gasteiger partial charge in [-0.05, 0) is 49.0 Å². The Morgan fingerprint density at radius 1 is 1.14 bits per heavy atom. The third kappa shape index (κ3) is 4.57. The van der Waals surface area contributed by atoms with Crippen LogP contribution in [0, 0.1) is 5.41 Å². The lowest BCUT2D eigenvalue weighted by Gasteiger charge is -2.50. The largest absolute Gasteiger partial charge is 0.356 e. The molecule has 1 aromatic rings. The van der Waals surface area contributed by atoms with Gasteiger partial charge in [0.15, 0.2) is 0 Å². The monoisotopic (exact) mass is 383 g/mol. The standard InChI is InChI=1S/C23H33N3O2/c1-18(27)24-12-9-22(28)25-13-10-23(11-14-25)15-20(19-5-3-2-4-6-19)16-26(17-23)21-7-8-21/h2-6,20-21H,7-17H2,1H3,(H,24,27)/t20-/m0/s1. The van der Waals surface area contributed by atoms with E-state index in [1.165, 1.54) is 44.8 Å². The molecule has 28 heavy (non-hydrogen) atoms. The highest BCUT2D eigenvalue weighted by Crippen LogP contribution is 2.47. The second kappa shape index (κ2) is 8.24. The number of nitrogens with one attached hydrogen (secondary N) is 1. The van der Waals surface area contributed by atoms with Gasteiger partial charge in [0, 0.05) is 52.1 Å². The lowest BCUT2D eigenvalue weighted by atomic mass is 9.68. The van der Waals surface area contributed by atoms with E-state index in [9.17, 15) is 9.59 Å². The normalized spacial score (nSPS) is 24.9. The van der Waals surface area contributed by atoms with Crippen molar-refractivity contribution in [3.63, 3.8) is 0 Å². The minimum Gasteiger partial charge on any atom is -0.356 e. The van der Waals surface area contributed by atoms with E-state index in [1.54, 1.807) is 0 Å². The molecule has 1 spiro atoms. The zero-order chi connectivity index (χ0) is 19.6. The maximum absolute atomic E-state index is 12.5. The molecule has 5 heteroatoms. The van der Waals surface area contributed by atoms with Crippen LogP contribution >= 0.6 is 0 Å². The lowest BCUT2D eigenvalue weighted by Crippen LogP contribution is -2.53. The molecule has 0 aromatic heterocycles. The minimum absolute atomic E-state index is 0.0697. The summed E-state index contributed by atoms with van der Waals surface area (Å²) >= 11 is 0. The van der Waals surface area contributed by atoms with Gasteiger partial charge in [0.05, 0.1) is 0 Å². The second-order valence-corrected chi connectivity index (χ2v) is 9.09. The molecule has 152 valence electrons. The molecule has 0 bridgehead atoms. The van der Waals surface area contributed by atoms with E-state index in [2.05, 4.69) is 40.5 Å². The first kappa shape index (κ1) is 19.4. The van der Waals surface area contributed by atoms with Gasteiger partial charge in [-0.2, -0.15) is 0 Å². The molecule has 2 heterocycles. The van der Waals surface area contributed by atoms with Gasteiger partial charge >= 0.3 is 0 Å². The highest BCUT2D eigenvalue weighted by atomic mass is 16.2. The van der Waals surface area contributed by atoms with Crippen LogP contribution in [0.25, 0.3) is 0 Å². The van der Waals surface area contributed by atoms with Crippen LogP contribution in [0.3, 0.4) is 0 Å². The van der Waals surface area contributed by atoms with Crippen molar-refractivity contribution in [2.24, 2.45) is 5.41 Å². The van der Waals surface area contributed by atoms with Crippen LogP contribution in [-0.4, -0.2) is 60.4 Å². The van der Waals surface area contributed by atoms with Crippen molar-refractivity contribution in [1.29, 1.82) is 0 Å². The summed E-state index contributed by atoms with van der Waals surface area (Å²) < 4.78 is 0. The maximum Gasteiger partial charge on any atom is 0.224 e. The summed E-state index contributed by atoms with van der Waals surface area (Å²) in [7, 11) is 0. The van der Waals surface area contributed by atoms with Gasteiger partial charge in [-0.1, -0.05) is 30.3 Å². The predicted molar refractivity (Wildman–Crippen MR) is 110 cm³/mol. The fraction of sp³-hybridized carbons (Fsp3) is 0.652. The van der Waals surface area contributed by atoms with E-state index in [-0.39, 0.29) is 11.8 Å². The van der Waals surface area contributed by atoms with E-state index in [4.69, 9.17) is 0 Å². The summed E-state index contributed by atoms with van der Waals surface area (Å²) in [6, 6.07) is 11.8. The number of hydrogen-bond donors (Lipinski definition) is 1. The summed E-state index contributed by atoms with van der Waals surface area (Å²) in [5.41, 5.74) is 1.82. The highest BCUT2D eigenvalue weighted by molar-refractivity contribution is 5.78. The van der Waals surface area contributed by atoms with Crippen molar-refractivity contribution in [3.8, 4) is 0 Å². The number of nitrogens with zero attached hydrogens (tertiary/aromatic N) is 2. The summed E-state index contributed by atoms with van der Waals surface area (Å²) in [5.74, 6) is 0.718. The van der Waals surface area contributed by atoms with Gasteiger partial charge < -0.3 is 10.2 Å². The first-order valence-corrected chi connectivity index (χ1v) is 10.9. The van der Waals surface area contributed by atoms with Crippen molar-refractivity contribution in [3.05, 3.63) is 35.9 Å². The topological polar surface area (TPSA) is 52.7 Å². The van der Waals surface area contributed by atoms with E-state index in [0.29, 0.717) is 24.3 Å². The summed E-state index contributed by atoms with van der Waals surface area (Å²) in [6.07, 6.45) is 6.56. The van der Waals surface area contributed by atoms with Crippen LogP contribution in [0.15, 0.2) is 30.3 Å². The Morgan fingerprint density at radius 2 is 1.86 bits per heavy atom. The molecular weight excluding hydrogens is 350 g/mol. The Morgan fingerprint density at radius 3 is 2.50 bits per heavy atom. The van der Waals surface area contributed by atoms with E-state index < -0.39 is 0 Å². The van der Waals surface area contributed by atoms with Gasteiger partial charge in [0.1, 0.15) is 0 Å². The quantitative estimate of drug-likeness (QED) is 0.851. The minimum atomic E-state index is -0.0697.